The van der Waals surface area contributed by atoms with Gasteiger partial charge in [0.2, 0.25) is 17.6 Å². The van der Waals surface area contributed by atoms with Crippen LogP contribution in [0.15, 0.2) is 16.7 Å². The number of carbonyl (C=O) groups is 1. The molecule has 2 heterocycles. The Hall–Kier alpha value is -2.51. The van der Waals surface area contributed by atoms with E-state index in [9.17, 15) is 4.79 Å². The van der Waals surface area contributed by atoms with E-state index in [0.717, 1.165) is 0 Å². The summed E-state index contributed by atoms with van der Waals surface area (Å²) in [6, 6.07) is 3.34. The van der Waals surface area contributed by atoms with Crippen LogP contribution in [0.4, 0.5) is 0 Å². The van der Waals surface area contributed by atoms with Gasteiger partial charge in [0.1, 0.15) is 5.69 Å². The maximum Gasteiger partial charge on any atom is 0.303 e. The predicted octanol–water partition coefficient (Wildman–Crippen LogP) is 1.33. The van der Waals surface area contributed by atoms with Gasteiger partial charge in [-0.25, -0.2) is 0 Å². The molecule has 0 fully saturated rings. The van der Waals surface area contributed by atoms with Crippen molar-refractivity contribution in [3.8, 4) is 17.4 Å². The Labute approximate surface area is 114 Å². The van der Waals surface area contributed by atoms with E-state index in [2.05, 4.69) is 20.3 Å². The number of unbranched alkanes of at least 4 members (excludes halogenated alkanes) is 1. The number of nitrogens with zero attached hydrogens (tertiary/aromatic N) is 4. The summed E-state index contributed by atoms with van der Waals surface area (Å²) >= 11 is 0. The summed E-state index contributed by atoms with van der Waals surface area (Å²) in [4.78, 5) is 14.6. The van der Waals surface area contributed by atoms with Crippen molar-refractivity contribution in [2.24, 2.45) is 0 Å². The van der Waals surface area contributed by atoms with Gasteiger partial charge >= 0.3 is 5.97 Å². The fourth-order valence-electron chi connectivity index (χ4n) is 1.56. The third-order valence-electron chi connectivity index (χ3n) is 2.58. The van der Waals surface area contributed by atoms with E-state index in [1.165, 1.54) is 7.11 Å². The van der Waals surface area contributed by atoms with E-state index in [0.29, 0.717) is 42.6 Å². The third kappa shape index (κ3) is 3.74. The second-order valence-electron chi connectivity index (χ2n) is 4.07. The molecule has 0 spiro atoms. The minimum absolute atomic E-state index is 0.144. The molecular formula is C12H14N4O4. The van der Waals surface area contributed by atoms with Gasteiger partial charge in [-0.1, -0.05) is 5.16 Å². The van der Waals surface area contributed by atoms with Gasteiger partial charge in [-0.3, -0.25) is 4.79 Å². The molecule has 2 aromatic heterocycles. The Balaban J connectivity index is 1.92. The number of aliphatic carboxylic acids is 1. The Morgan fingerprint density at radius 3 is 2.85 bits per heavy atom. The highest BCUT2D eigenvalue weighted by atomic mass is 16.5. The number of ether oxygens (including phenoxy) is 1. The van der Waals surface area contributed by atoms with Crippen molar-refractivity contribution in [3.63, 3.8) is 0 Å². The molecule has 0 aliphatic heterocycles. The smallest absolute Gasteiger partial charge is 0.303 e. The van der Waals surface area contributed by atoms with E-state index in [1.54, 1.807) is 12.1 Å². The normalized spacial score (nSPS) is 10.4. The van der Waals surface area contributed by atoms with Crippen LogP contribution in [-0.4, -0.2) is 38.5 Å². The molecule has 0 radical (unpaired) electrons. The lowest BCUT2D eigenvalue weighted by molar-refractivity contribution is -0.137. The molecule has 0 atom stereocenters. The lowest BCUT2D eigenvalue weighted by atomic mass is 10.2. The van der Waals surface area contributed by atoms with E-state index in [1.807, 2.05) is 0 Å². The lowest BCUT2D eigenvalue weighted by Gasteiger charge is -1.96. The quantitative estimate of drug-likeness (QED) is 0.755. The van der Waals surface area contributed by atoms with Crippen molar-refractivity contribution < 1.29 is 19.2 Å². The van der Waals surface area contributed by atoms with E-state index in [4.69, 9.17) is 14.4 Å². The molecule has 2 rings (SSSR count). The monoisotopic (exact) mass is 278 g/mol. The Bertz CT molecular complexity index is 567. The minimum Gasteiger partial charge on any atom is -0.481 e. The van der Waals surface area contributed by atoms with Crippen LogP contribution in [0, 0.1) is 0 Å². The van der Waals surface area contributed by atoms with Crippen LogP contribution in [-0.2, 0) is 11.2 Å². The number of hydrogen-bond acceptors (Lipinski definition) is 7. The minimum atomic E-state index is -0.801. The highest BCUT2D eigenvalue weighted by molar-refractivity contribution is 5.66. The van der Waals surface area contributed by atoms with Crippen molar-refractivity contribution in [1.82, 2.24) is 20.3 Å². The van der Waals surface area contributed by atoms with Gasteiger partial charge in [0.25, 0.3) is 0 Å². The van der Waals surface area contributed by atoms with Crippen molar-refractivity contribution in [2.75, 3.05) is 7.11 Å². The van der Waals surface area contributed by atoms with Crippen LogP contribution in [0.2, 0.25) is 0 Å². The van der Waals surface area contributed by atoms with Crippen molar-refractivity contribution in [1.29, 1.82) is 0 Å². The SMILES string of the molecule is COc1ccc(-c2noc(CCCCC(=O)O)n2)nn1. The molecule has 8 heteroatoms. The first-order chi connectivity index (χ1) is 9.69. The molecule has 0 saturated heterocycles. The third-order valence-corrected chi connectivity index (χ3v) is 2.58. The molecule has 0 aliphatic rings. The fourth-order valence-corrected chi connectivity index (χ4v) is 1.56. The standard InChI is InChI=1S/C12H14N4O4/c1-19-10-7-6-8(14-15-10)12-13-9(20-16-12)4-2-3-5-11(17)18/h6-7H,2-5H2,1H3,(H,17,18). The summed E-state index contributed by atoms with van der Waals surface area (Å²) in [7, 11) is 1.51. The number of aryl methyl sites for hydroxylation is 1. The molecule has 106 valence electrons. The van der Waals surface area contributed by atoms with Crippen molar-refractivity contribution in [2.45, 2.75) is 25.7 Å². The molecular weight excluding hydrogens is 264 g/mol. The first kappa shape index (κ1) is 13.9. The van der Waals surface area contributed by atoms with Crippen LogP contribution in [0.5, 0.6) is 5.88 Å². The van der Waals surface area contributed by atoms with Crippen molar-refractivity contribution in [3.05, 3.63) is 18.0 Å². The molecule has 1 N–H and O–H groups in total. The van der Waals surface area contributed by atoms with E-state index >= 15 is 0 Å². The summed E-state index contributed by atoms with van der Waals surface area (Å²) in [6.07, 6.45) is 1.95. The van der Waals surface area contributed by atoms with Gasteiger partial charge in [0.15, 0.2) is 0 Å². The predicted molar refractivity (Wildman–Crippen MR) is 67.1 cm³/mol. The van der Waals surface area contributed by atoms with E-state index < -0.39 is 5.97 Å². The van der Waals surface area contributed by atoms with Gasteiger partial charge in [0.05, 0.1) is 7.11 Å². The second kappa shape index (κ2) is 6.60. The zero-order valence-corrected chi connectivity index (χ0v) is 10.9. The number of carboxylic acids is 1. The summed E-state index contributed by atoms with van der Waals surface area (Å²) in [5.74, 6) is 0.423. The van der Waals surface area contributed by atoms with Crippen LogP contribution in [0.1, 0.15) is 25.2 Å². The molecule has 8 nitrogen and oxygen atoms in total. The Kier molecular flexibility index (Phi) is 4.59. The second-order valence-corrected chi connectivity index (χ2v) is 4.07. The highest BCUT2D eigenvalue weighted by Gasteiger charge is 2.10. The first-order valence-electron chi connectivity index (χ1n) is 6.11. The Morgan fingerprint density at radius 2 is 2.20 bits per heavy atom. The summed E-state index contributed by atoms with van der Waals surface area (Å²) in [5.41, 5.74) is 0.492. The molecule has 0 aromatic carbocycles. The van der Waals surface area contributed by atoms with Gasteiger partial charge in [0, 0.05) is 18.9 Å². The summed E-state index contributed by atoms with van der Waals surface area (Å²) in [6.45, 7) is 0. The van der Waals surface area contributed by atoms with Crippen molar-refractivity contribution >= 4 is 5.97 Å². The van der Waals surface area contributed by atoms with Gasteiger partial charge < -0.3 is 14.4 Å². The summed E-state index contributed by atoms with van der Waals surface area (Å²) < 4.78 is 9.98. The molecule has 20 heavy (non-hydrogen) atoms. The van der Waals surface area contributed by atoms with Crippen LogP contribution >= 0.6 is 0 Å². The Morgan fingerprint density at radius 1 is 1.35 bits per heavy atom. The average Bonchev–Trinajstić information content (AvgIpc) is 2.92. The maximum atomic E-state index is 10.4. The topological polar surface area (TPSA) is 111 Å². The number of hydrogen-bond donors (Lipinski definition) is 1. The zero-order valence-electron chi connectivity index (χ0n) is 10.9. The zero-order chi connectivity index (χ0) is 14.4. The number of methoxy groups -OCH3 is 1. The van der Waals surface area contributed by atoms with Gasteiger partial charge in [-0.2, -0.15) is 4.98 Å². The molecule has 0 aliphatic carbocycles. The molecule has 0 unspecified atom stereocenters. The number of aromatic nitrogens is 4. The molecule has 0 bridgehead atoms. The molecule has 0 saturated carbocycles. The lowest BCUT2D eigenvalue weighted by Crippen LogP contribution is -1.95. The van der Waals surface area contributed by atoms with Gasteiger partial charge in [-0.15, -0.1) is 10.2 Å². The van der Waals surface area contributed by atoms with Crippen LogP contribution in [0.3, 0.4) is 0 Å². The number of carboxylic acid groups (broad SMARTS) is 1. The average molecular weight is 278 g/mol. The molecule has 2 aromatic rings. The fraction of sp³-hybridized carbons (Fsp3) is 0.417. The van der Waals surface area contributed by atoms with E-state index in [-0.39, 0.29) is 6.42 Å². The molecule has 0 amide bonds. The maximum absolute atomic E-state index is 10.4. The highest BCUT2D eigenvalue weighted by Crippen LogP contribution is 2.15. The van der Waals surface area contributed by atoms with Crippen LogP contribution in [0.25, 0.3) is 11.5 Å². The van der Waals surface area contributed by atoms with Gasteiger partial charge in [-0.05, 0) is 18.9 Å². The van der Waals surface area contributed by atoms with Crippen LogP contribution < -0.4 is 4.74 Å². The summed E-state index contributed by atoms with van der Waals surface area (Å²) in [5, 5.41) is 20.1. The number of rotatable bonds is 7. The first-order valence-corrected chi connectivity index (χ1v) is 6.11. The largest absolute Gasteiger partial charge is 0.481 e.